The smallest absolute Gasteiger partial charge is 0.165 e. The molecule has 0 aromatic rings. The average Bonchev–Trinajstić information content (AvgIpc) is 2.34. The Labute approximate surface area is 98.3 Å². The lowest BCUT2D eigenvalue weighted by Crippen LogP contribution is -2.57. The van der Waals surface area contributed by atoms with E-state index in [-0.39, 0.29) is 11.7 Å². The van der Waals surface area contributed by atoms with Crippen molar-refractivity contribution in [3.8, 4) is 0 Å². The number of hydrogen-bond acceptors (Lipinski definition) is 2. The van der Waals surface area contributed by atoms with Crippen LogP contribution in [0.1, 0.15) is 33.6 Å². The molecule has 1 saturated heterocycles. The second kappa shape index (κ2) is 4.72. The summed E-state index contributed by atoms with van der Waals surface area (Å²) in [6, 6.07) is 0. The monoisotopic (exact) mass is 222 g/mol. The molecule has 2 rings (SSSR count). The fourth-order valence-corrected chi connectivity index (χ4v) is 2.27. The second-order valence-electron chi connectivity index (χ2n) is 5.11. The van der Waals surface area contributed by atoms with E-state index in [2.05, 4.69) is 45.1 Å². The molecule has 1 heterocycles. The first-order valence-electron chi connectivity index (χ1n) is 6.27. The van der Waals surface area contributed by atoms with Crippen LogP contribution in [0, 0.1) is 11.3 Å². The van der Waals surface area contributed by atoms with Crippen LogP contribution in [0.5, 0.6) is 0 Å². The molecule has 0 aromatic carbocycles. The Morgan fingerprint density at radius 1 is 1.44 bits per heavy atom. The number of allylic oxidation sites excluding steroid dienone is 3. The van der Waals surface area contributed by atoms with Crippen LogP contribution in [0.4, 0.5) is 0 Å². The normalized spacial score (nSPS) is 42.1. The van der Waals surface area contributed by atoms with Gasteiger partial charge in [-0.1, -0.05) is 38.2 Å². The molecule has 0 radical (unpaired) electrons. The molecule has 0 aromatic heterocycles. The van der Waals surface area contributed by atoms with Crippen LogP contribution in [0.25, 0.3) is 0 Å². The SMILES string of the molecule is CCC1(C)C(C)OC1OCC1C=CC=CC1. The summed E-state index contributed by atoms with van der Waals surface area (Å²) < 4.78 is 11.6. The van der Waals surface area contributed by atoms with Gasteiger partial charge in [-0.2, -0.15) is 0 Å². The van der Waals surface area contributed by atoms with Gasteiger partial charge in [-0.25, -0.2) is 0 Å². The van der Waals surface area contributed by atoms with Crippen molar-refractivity contribution in [2.24, 2.45) is 11.3 Å². The van der Waals surface area contributed by atoms with Crippen LogP contribution in [0.3, 0.4) is 0 Å². The molecule has 4 atom stereocenters. The quantitative estimate of drug-likeness (QED) is 0.726. The third-order valence-corrected chi connectivity index (χ3v) is 4.09. The van der Waals surface area contributed by atoms with Gasteiger partial charge in [-0.3, -0.25) is 0 Å². The molecule has 1 aliphatic heterocycles. The standard InChI is InChI=1S/C14H22O2/c1-4-14(3)11(2)16-13(14)15-10-12-8-6-5-7-9-12/h5-8,11-13H,4,9-10H2,1-3H3. The Hall–Kier alpha value is -0.600. The zero-order chi connectivity index (χ0) is 11.6. The molecule has 2 heteroatoms. The molecule has 0 N–H and O–H groups in total. The highest BCUT2D eigenvalue weighted by Crippen LogP contribution is 2.44. The van der Waals surface area contributed by atoms with Crippen molar-refractivity contribution >= 4 is 0 Å². The predicted octanol–water partition coefficient (Wildman–Crippen LogP) is 3.30. The Bertz CT molecular complexity index is 295. The first-order chi connectivity index (χ1) is 7.66. The van der Waals surface area contributed by atoms with Gasteiger partial charge < -0.3 is 9.47 Å². The summed E-state index contributed by atoms with van der Waals surface area (Å²) in [4.78, 5) is 0. The number of hydrogen-bond donors (Lipinski definition) is 0. The largest absolute Gasteiger partial charge is 0.351 e. The molecular weight excluding hydrogens is 200 g/mol. The molecule has 4 unspecified atom stereocenters. The highest BCUT2D eigenvalue weighted by atomic mass is 16.7. The highest BCUT2D eigenvalue weighted by molar-refractivity contribution is 5.10. The number of ether oxygens (including phenoxy) is 2. The van der Waals surface area contributed by atoms with Crippen LogP contribution in [-0.4, -0.2) is 19.0 Å². The fraction of sp³-hybridized carbons (Fsp3) is 0.714. The van der Waals surface area contributed by atoms with E-state index in [1.54, 1.807) is 0 Å². The molecule has 1 fully saturated rings. The van der Waals surface area contributed by atoms with E-state index in [0.717, 1.165) is 19.4 Å². The van der Waals surface area contributed by atoms with Crippen molar-refractivity contribution in [2.75, 3.05) is 6.61 Å². The van der Waals surface area contributed by atoms with Crippen LogP contribution in [0.15, 0.2) is 24.3 Å². The molecule has 0 spiro atoms. The summed E-state index contributed by atoms with van der Waals surface area (Å²) >= 11 is 0. The van der Waals surface area contributed by atoms with E-state index >= 15 is 0 Å². The molecule has 2 aliphatic rings. The third kappa shape index (κ3) is 2.09. The lowest BCUT2D eigenvalue weighted by Gasteiger charge is -2.51. The molecule has 1 aliphatic carbocycles. The maximum atomic E-state index is 5.89. The van der Waals surface area contributed by atoms with Crippen LogP contribution >= 0.6 is 0 Å². The maximum Gasteiger partial charge on any atom is 0.165 e. The summed E-state index contributed by atoms with van der Waals surface area (Å²) in [6.45, 7) is 7.36. The minimum absolute atomic E-state index is 0.00759. The lowest BCUT2D eigenvalue weighted by molar-refractivity contribution is -0.343. The third-order valence-electron chi connectivity index (χ3n) is 4.09. The van der Waals surface area contributed by atoms with E-state index in [1.807, 2.05) is 0 Å². The van der Waals surface area contributed by atoms with Gasteiger partial charge in [0.25, 0.3) is 0 Å². The van der Waals surface area contributed by atoms with Crippen molar-refractivity contribution in [1.29, 1.82) is 0 Å². The van der Waals surface area contributed by atoms with Crippen molar-refractivity contribution in [3.63, 3.8) is 0 Å². The molecule has 0 amide bonds. The molecular formula is C14H22O2. The molecule has 0 bridgehead atoms. The van der Waals surface area contributed by atoms with Crippen LogP contribution in [-0.2, 0) is 9.47 Å². The van der Waals surface area contributed by atoms with Gasteiger partial charge in [0.2, 0.25) is 0 Å². The van der Waals surface area contributed by atoms with Gasteiger partial charge in [0, 0.05) is 11.3 Å². The van der Waals surface area contributed by atoms with Gasteiger partial charge in [-0.15, -0.1) is 0 Å². The predicted molar refractivity (Wildman–Crippen MR) is 65.1 cm³/mol. The first-order valence-corrected chi connectivity index (χ1v) is 6.27. The minimum atomic E-state index is -0.00759. The topological polar surface area (TPSA) is 18.5 Å². The summed E-state index contributed by atoms with van der Waals surface area (Å²) in [5.41, 5.74) is 0.203. The molecule has 16 heavy (non-hydrogen) atoms. The highest BCUT2D eigenvalue weighted by Gasteiger charge is 2.50. The van der Waals surface area contributed by atoms with Crippen molar-refractivity contribution in [1.82, 2.24) is 0 Å². The lowest BCUT2D eigenvalue weighted by atomic mass is 9.77. The fourth-order valence-electron chi connectivity index (χ4n) is 2.27. The Kier molecular flexibility index (Phi) is 3.50. The van der Waals surface area contributed by atoms with E-state index in [0.29, 0.717) is 12.0 Å². The minimum Gasteiger partial charge on any atom is -0.351 e. The van der Waals surface area contributed by atoms with Gasteiger partial charge in [0.1, 0.15) is 0 Å². The zero-order valence-electron chi connectivity index (χ0n) is 10.5. The molecule has 90 valence electrons. The summed E-state index contributed by atoms with van der Waals surface area (Å²) in [6.07, 6.45) is 11.1. The van der Waals surface area contributed by atoms with Crippen molar-refractivity contribution in [3.05, 3.63) is 24.3 Å². The average molecular weight is 222 g/mol. The van der Waals surface area contributed by atoms with Gasteiger partial charge in [0.15, 0.2) is 6.29 Å². The van der Waals surface area contributed by atoms with Gasteiger partial charge in [-0.05, 0) is 19.8 Å². The summed E-state index contributed by atoms with van der Waals surface area (Å²) in [5, 5.41) is 0. The first kappa shape index (κ1) is 11.9. The Morgan fingerprint density at radius 3 is 2.81 bits per heavy atom. The summed E-state index contributed by atoms with van der Waals surface area (Å²) in [7, 11) is 0. The molecule has 0 saturated carbocycles. The van der Waals surface area contributed by atoms with Gasteiger partial charge in [0.05, 0.1) is 12.7 Å². The Morgan fingerprint density at radius 2 is 2.25 bits per heavy atom. The maximum absolute atomic E-state index is 5.89. The van der Waals surface area contributed by atoms with E-state index in [1.165, 1.54) is 0 Å². The van der Waals surface area contributed by atoms with E-state index < -0.39 is 0 Å². The molecule has 2 nitrogen and oxygen atoms in total. The van der Waals surface area contributed by atoms with Crippen molar-refractivity contribution in [2.45, 2.75) is 46.0 Å². The van der Waals surface area contributed by atoms with E-state index in [9.17, 15) is 0 Å². The Balaban J connectivity index is 1.79. The zero-order valence-corrected chi connectivity index (χ0v) is 10.5. The second-order valence-corrected chi connectivity index (χ2v) is 5.11. The van der Waals surface area contributed by atoms with Crippen LogP contribution in [0.2, 0.25) is 0 Å². The van der Waals surface area contributed by atoms with Gasteiger partial charge >= 0.3 is 0 Å². The van der Waals surface area contributed by atoms with Crippen molar-refractivity contribution < 1.29 is 9.47 Å². The number of rotatable bonds is 4. The van der Waals surface area contributed by atoms with E-state index in [4.69, 9.17) is 9.47 Å². The van der Waals surface area contributed by atoms with Crippen LogP contribution < -0.4 is 0 Å². The summed E-state index contributed by atoms with van der Waals surface area (Å²) in [5.74, 6) is 0.519.